The molecule has 2 aromatic rings. The summed E-state index contributed by atoms with van der Waals surface area (Å²) in [7, 11) is 0. The van der Waals surface area contributed by atoms with Crippen molar-refractivity contribution in [2.45, 2.75) is 50.8 Å². The number of hydrogen-bond donors (Lipinski definition) is 0. The Balaban J connectivity index is 1.47. The lowest BCUT2D eigenvalue weighted by Crippen LogP contribution is -2.62. The van der Waals surface area contributed by atoms with Gasteiger partial charge in [-0.15, -0.1) is 0 Å². The molecule has 1 atom stereocenters. The molecule has 28 heavy (non-hydrogen) atoms. The van der Waals surface area contributed by atoms with Crippen molar-refractivity contribution in [2.24, 2.45) is 0 Å². The molecule has 4 rings (SSSR count). The number of hydrogen-bond acceptors (Lipinski definition) is 3. The summed E-state index contributed by atoms with van der Waals surface area (Å²) in [6, 6.07) is 21.9. The van der Waals surface area contributed by atoms with E-state index in [9.17, 15) is 0 Å². The molecule has 3 heteroatoms. The van der Waals surface area contributed by atoms with E-state index in [0.717, 1.165) is 58.6 Å². The first-order chi connectivity index (χ1) is 13.5. The van der Waals surface area contributed by atoms with Gasteiger partial charge in [0.15, 0.2) is 0 Å². The van der Waals surface area contributed by atoms with Crippen LogP contribution < -0.4 is 0 Å². The Morgan fingerprint density at radius 1 is 0.821 bits per heavy atom. The summed E-state index contributed by atoms with van der Waals surface area (Å²) in [6.45, 7) is 11.0. The molecule has 3 nitrogen and oxygen atoms in total. The molecule has 0 bridgehead atoms. The first-order valence-corrected chi connectivity index (χ1v) is 10.7. The molecule has 0 radical (unpaired) electrons. The molecular formula is C25H34N2O. The largest absolute Gasteiger partial charge is 0.375 e. The standard InChI is InChI=1S/C25H34N2O/c1-24(2)21-25(13-18-28-24,19-22-9-5-3-6-10-22)27-16-14-26(15-17-27)20-23-11-7-4-8-12-23/h3-12H,13-21H2,1-2H3. The van der Waals surface area contributed by atoms with Crippen LogP contribution in [0.3, 0.4) is 0 Å². The van der Waals surface area contributed by atoms with Gasteiger partial charge in [-0.3, -0.25) is 9.80 Å². The third-order valence-electron chi connectivity index (χ3n) is 6.48. The van der Waals surface area contributed by atoms with Gasteiger partial charge in [0.2, 0.25) is 0 Å². The Hall–Kier alpha value is -1.68. The number of rotatable bonds is 5. The lowest BCUT2D eigenvalue weighted by molar-refractivity contribution is -0.127. The molecule has 0 aromatic heterocycles. The highest BCUT2D eigenvalue weighted by Gasteiger charge is 2.45. The van der Waals surface area contributed by atoms with Gasteiger partial charge in [-0.1, -0.05) is 60.7 Å². The lowest BCUT2D eigenvalue weighted by atomic mass is 9.75. The SMILES string of the molecule is CC1(C)CC(Cc2ccccc2)(N2CCN(Cc3ccccc3)CC2)CCO1. The van der Waals surface area contributed by atoms with Crippen LogP contribution in [0, 0.1) is 0 Å². The summed E-state index contributed by atoms with van der Waals surface area (Å²) in [5, 5.41) is 0. The van der Waals surface area contributed by atoms with Gasteiger partial charge >= 0.3 is 0 Å². The minimum absolute atomic E-state index is 0.0474. The van der Waals surface area contributed by atoms with Gasteiger partial charge < -0.3 is 4.74 Å². The van der Waals surface area contributed by atoms with Crippen LogP contribution in [-0.4, -0.2) is 53.7 Å². The molecule has 2 fully saturated rings. The van der Waals surface area contributed by atoms with Gasteiger partial charge in [0.25, 0.3) is 0 Å². The van der Waals surface area contributed by atoms with E-state index in [1.54, 1.807) is 0 Å². The summed E-state index contributed by atoms with van der Waals surface area (Å²) in [4.78, 5) is 5.39. The molecule has 0 saturated carbocycles. The molecule has 1 unspecified atom stereocenters. The summed E-state index contributed by atoms with van der Waals surface area (Å²) < 4.78 is 6.11. The second-order valence-corrected chi connectivity index (χ2v) is 9.17. The van der Waals surface area contributed by atoms with Crippen molar-refractivity contribution in [3.05, 3.63) is 71.8 Å². The van der Waals surface area contributed by atoms with Crippen LogP contribution in [0.4, 0.5) is 0 Å². The normalized spacial score (nSPS) is 26.2. The lowest BCUT2D eigenvalue weighted by Gasteiger charge is -2.53. The highest BCUT2D eigenvalue weighted by molar-refractivity contribution is 5.20. The first kappa shape index (κ1) is 19.6. The topological polar surface area (TPSA) is 15.7 Å². The summed E-state index contributed by atoms with van der Waals surface area (Å²) in [5.74, 6) is 0. The van der Waals surface area contributed by atoms with E-state index in [0.29, 0.717) is 0 Å². The van der Waals surface area contributed by atoms with Crippen LogP contribution >= 0.6 is 0 Å². The van der Waals surface area contributed by atoms with Crippen LogP contribution in [0.15, 0.2) is 60.7 Å². The fraction of sp³-hybridized carbons (Fsp3) is 0.520. The van der Waals surface area contributed by atoms with Crippen molar-refractivity contribution in [3.8, 4) is 0 Å². The van der Waals surface area contributed by atoms with Crippen molar-refractivity contribution < 1.29 is 4.74 Å². The average Bonchev–Trinajstić information content (AvgIpc) is 2.69. The number of ether oxygens (including phenoxy) is 1. The fourth-order valence-electron chi connectivity index (χ4n) is 5.18. The minimum atomic E-state index is -0.0474. The first-order valence-electron chi connectivity index (χ1n) is 10.7. The number of piperazine rings is 1. The molecular weight excluding hydrogens is 344 g/mol. The predicted octanol–water partition coefficient (Wildman–Crippen LogP) is 4.37. The Kier molecular flexibility index (Phi) is 5.86. The zero-order chi connectivity index (χ0) is 19.5. The molecule has 2 aromatic carbocycles. The predicted molar refractivity (Wildman–Crippen MR) is 115 cm³/mol. The zero-order valence-corrected chi connectivity index (χ0v) is 17.4. The molecule has 0 amide bonds. The highest BCUT2D eigenvalue weighted by Crippen LogP contribution is 2.39. The van der Waals surface area contributed by atoms with Gasteiger partial charge in [0, 0.05) is 44.9 Å². The number of benzene rings is 2. The maximum atomic E-state index is 6.11. The van der Waals surface area contributed by atoms with Gasteiger partial charge in [-0.05, 0) is 44.2 Å². The molecule has 2 aliphatic heterocycles. The molecule has 2 heterocycles. The van der Waals surface area contributed by atoms with E-state index < -0.39 is 0 Å². The average molecular weight is 379 g/mol. The van der Waals surface area contributed by atoms with Gasteiger partial charge in [0.1, 0.15) is 0 Å². The number of nitrogens with zero attached hydrogens (tertiary/aromatic N) is 2. The fourth-order valence-corrected chi connectivity index (χ4v) is 5.18. The van der Waals surface area contributed by atoms with Crippen molar-refractivity contribution in [1.29, 1.82) is 0 Å². The van der Waals surface area contributed by atoms with Gasteiger partial charge in [-0.2, -0.15) is 0 Å². The van der Waals surface area contributed by atoms with E-state index in [4.69, 9.17) is 4.74 Å². The molecule has 150 valence electrons. The Bertz CT molecular complexity index is 738. The molecule has 0 N–H and O–H groups in total. The quantitative estimate of drug-likeness (QED) is 0.768. The summed E-state index contributed by atoms with van der Waals surface area (Å²) in [5.41, 5.74) is 3.03. The smallest absolute Gasteiger partial charge is 0.0644 e. The van der Waals surface area contributed by atoms with Crippen LogP contribution in [0.1, 0.15) is 37.8 Å². The Morgan fingerprint density at radius 3 is 2.04 bits per heavy atom. The van der Waals surface area contributed by atoms with Crippen LogP contribution in [0.2, 0.25) is 0 Å². The van der Waals surface area contributed by atoms with E-state index >= 15 is 0 Å². The Morgan fingerprint density at radius 2 is 1.43 bits per heavy atom. The molecule has 0 aliphatic carbocycles. The second-order valence-electron chi connectivity index (χ2n) is 9.17. The highest BCUT2D eigenvalue weighted by atomic mass is 16.5. The van der Waals surface area contributed by atoms with E-state index in [2.05, 4.69) is 84.3 Å². The van der Waals surface area contributed by atoms with E-state index in [-0.39, 0.29) is 11.1 Å². The van der Waals surface area contributed by atoms with Gasteiger partial charge in [-0.25, -0.2) is 0 Å². The van der Waals surface area contributed by atoms with E-state index in [1.165, 1.54) is 11.1 Å². The van der Waals surface area contributed by atoms with Crippen molar-refractivity contribution >= 4 is 0 Å². The van der Waals surface area contributed by atoms with Crippen molar-refractivity contribution in [3.63, 3.8) is 0 Å². The van der Waals surface area contributed by atoms with Crippen molar-refractivity contribution in [2.75, 3.05) is 32.8 Å². The van der Waals surface area contributed by atoms with Crippen LogP contribution in [0.25, 0.3) is 0 Å². The zero-order valence-electron chi connectivity index (χ0n) is 17.4. The molecule has 2 saturated heterocycles. The maximum Gasteiger partial charge on any atom is 0.0644 e. The summed E-state index contributed by atoms with van der Waals surface area (Å²) in [6.07, 6.45) is 3.36. The van der Waals surface area contributed by atoms with Crippen molar-refractivity contribution in [1.82, 2.24) is 9.80 Å². The summed E-state index contributed by atoms with van der Waals surface area (Å²) >= 11 is 0. The van der Waals surface area contributed by atoms with Crippen LogP contribution in [-0.2, 0) is 17.7 Å². The Labute approximate surface area is 170 Å². The van der Waals surface area contributed by atoms with Crippen LogP contribution in [0.5, 0.6) is 0 Å². The molecule has 2 aliphatic rings. The third-order valence-corrected chi connectivity index (χ3v) is 6.48. The monoisotopic (exact) mass is 378 g/mol. The van der Waals surface area contributed by atoms with E-state index in [1.807, 2.05) is 0 Å². The minimum Gasteiger partial charge on any atom is -0.375 e. The second kappa shape index (κ2) is 8.36. The third kappa shape index (κ3) is 4.65. The maximum absolute atomic E-state index is 6.11. The molecule has 0 spiro atoms. The van der Waals surface area contributed by atoms with Gasteiger partial charge in [0.05, 0.1) is 5.60 Å².